The van der Waals surface area contributed by atoms with Crippen LogP contribution in [0.4, 0.5) is 4.39 Å². The second kappa shape index (κ2) is 4.36. The lowest BCUT2D eigenvalue weighted by Gasteiger charge is -2.10. The molecule has 3 heteroatoms. The first kappa shape index (κ1) is 9.39. The second-order valence-electron chi connectivity index (χ2n) is 3.16. The van der Waals surface area contributed by atoms with Gasteiger partial charge in [0.1, 0.15) is 6.17 Å². The van der Waals surface area contributed by atoms with Crippen molar-refractivity contribution in [3.8, 4) is 0 Å². The van der Waals surface area contributed by atoms with Gasteiger partial charge in [0, 0.05) is 19.6 Å². The lowest BCUT2D eigenvalue weighted by atomic mass is 10.3. The number of carbonyl (C=O) groups is 1. The van der Waals surface area contributed by atoms with Gasteiger partial charge in [-0.2, -0.15) is 0 Å². The molecule has 1 heterocycles. The largest absolute Gasteiger partial charge is 0.297 e. The van der Waals surface area contributed by atoms with E-state index in [0.717, 1.165) is 6.54 Å². The Hall–Kier alpha value is -0.700. The van der Waals surface area contributed by atoms with E-state index < -0.39 is 6.17 Å². The van der Waals surface area contributed by atoms with Gasteiger partial charge in [-0.15, -0.1) is 0 Å². The van der Waals surface area contributed by atoms with Crippen molar-refractivity contribution in [2.24, 2.45) is 0 Å². The SMILES string of the molecule is CC(=O)/C=C/CN1CC[C@H](F)C1. The Labute approximate surface area is 72.1 Å². The third kappa shape index (κ3) is 3.13. The first-order valence-electron chi connectivity index (χ1n) is 4.22. The number of likely N-dealkylation sites (tertiary alicyclic amines) is 1. The first-order chi connectivity index (χ1) is 5.68. The summed E-state index contributed by atoms with van der Waals surface area (Å²) in [5.74, 6) is 0.0472. The molecule has 0 aliphatic carbocycles. The highest BCUT2D eigenvalue weighted by molar-refractivity contribution is 5.87. The summed E-state index contributed by atoms with van der Waals surface area (Å²) in [6.07, 6.45) is 3.29. The number of carbonyl (C=O) groups excluding carboxylic acids is 1. The van der Waals surface area contributed by atoms with Crippen molar-refractivity contribution in [1.82, 2.24) is 4.90 Å². The molecule has 0 radical (unpaired) electrons. The maximum atomic E-state index is 12.6. The van der Waals surface area contributed by atoms with E-state index in [9.17, 15) is 9.18 Å². The standard InChI is InChI=1S/C9H14FNO/c1-8(12)3-2-5-11-6-4-9(10)7-11/h2-3,9H,4-7H2,1H3/b3-2+/t9-/m0/s1. The molecular weight excluding hydrogens is 157 g/mol. The molecular formula is C9H14FNO. The molecule has 0 unspecified atom stereocenters. The van der Waals surface area contributed by atoms with E-state index in [2.05, 4.69) is 0 Å². The Kier molecular flexibility index (Phi) is 3.41. The van der Waals surface area contributed by atoms with Crippen molar-refractivity contribution in [2.45, 2.75) is 19.5 Å². The third-order valence-electron chi connectivity index (χ3n) is 1.93. The number of hydrogen-bond acceptors (Lipinski definition) is 2. The van der Waals surface area contributed by atoms with Gasteiger partial charge in [0.05, 0.1) is 0 Å². The normalized spacial score (nSPS) is 25.3. The minimum atomic E-state index is -0.671. The second-order valence-corrected chi connectivity index (χ2v) is 3.16. The quantitative estimate of drug-likeness (QED) is 0.594. The zero-order valence-electron chi connectivity index (χ0n) is 7.29. The van der Waals surface area contributed by atoms with Crippen molar-refractivity contribution in [2.75, 3.05) is 19.6 Å². The molecule has 1 aliphatic rings. The molecule has 1 aliphatic heterocycles. The number of ketones is 1. The number of nitrogens with zero attached hydrogens (tertiary/aromatic N) is 1. The summed E-state index contributed by atoms with van der Waals surface area (Å²) >= 11 is 0. The van der Waals surface area contributed by atoms with Gasteiger partial charge in [0.2, 0.25) is 0 Å². The van der Waals surface area contributed by atoms with Crippen LogP contribution in [0.5, 0.6) is 0 Å². The molecule has 12 heavy (non-hydrogen) atoms. The summed E-state index contributed by atoms with van der Waals surface area (Å²) in [6.45, 7) is 3.53. The van der Waals surface area contributed by atoms with Gasteiger partial charge >= 0.3 is 0 Å². The fourth-order valence-electron chi connectivity index (χ4n) is 1.32. The fraction of sp³-hybridized carbons (Fsp3) is 0.667. The van der Waals surface area contributed by atoms with Crippen LogP contribution < -0.4 is 0 Å². The summed E-state index contributed by atoms with van der Waals surface area (Å²) in [6, 6.07) is 0. The number of allylic oxidation sites excluding steroid dienone is 1. The van der Waals surface area contributed by atoms with Crippen LogP contribution in [-0.4, -0.2) is 36.5 Å². The van der Waals surface area contributed by atoms with Crippen LogP contribution in [0, 0.1) is 0 Å². The third-order valence-corrected chi connectivity index (χ3v) is 1.93. The highest BCUT2D eigenvalue weighted by Crippen LogP contribution is 2.11. The Balaban J connectivity index is 2.20. The molecule has 0 N–H and O–H groups in total. The highest BCUT2D eigenvalue weighted by Gasteiger charge is 2.19. The van der Waals surface area contributed by atoms with Gasteiger partial charge in [-0.25, -0.2) is 4.39 Å². The topological polar surface area (TPSA) is 20.3 Å². The Morgan fingerprint density at radius 3 is 3.00 bits per heavy atom. The zero-order valence-corrected chi connectivity index (χ0v) is 7.29. The molecule has 0 aromatic rings. The maximum absolute atomic E-state index is 12.6. The van der Waals surface area contributed by atoms with Gasteiger partial charge in [-0.3, -0.25) is 9.69 Å². The van der Waals surface area contributed by atoms with Crippen LogP contribution in [0.1, 0.15) is 13.3 Å². The predicted molar refractivity (Wildman–Crippen MR) is 45.8 cm³/mol. The molecule has 0 spiro atoms. The molecule has 0 amide bonds. The highest BCUT2D eigenvalue weighted by atomic mass is 19.1. The molecule has 0 aromatic carbocycles. The van der Waals surface area contributed by atoms with Crippen molar-refractivity contribution in [3.05, 3.63) is 12.2 Å². The summed E-state index contributed by atoms with van der Waals surface area (Å²) in [4.78, 5) is 12.5. The van der Waals surface area contributed by atoms with Gasteiger partial charge in [0.15, 0.2) is 5.78 Å². The van der Waals surface area contributed by atoms with Gasteiger partial charge in [-0.1, -0.05) is 6.08 Å². The monoisotopic (exact) mass is 171 g/mol. The average Bonchev–Trinajstić information content (AvgIpc) is 2.35. The number of hydrogen-bond donors (Lipinski definition) is 0. The van der Waals surface area contributed by atoms with Crippen LogP contribution in [-0.2, 0) is 4.79 Å². The van der Waals surface area contributed by atoms with Gasteiger partial charge < -0.3 is 0 Å². The summed E-state index contributed by atoms with van der Waals surface area (Å²) in [7, 11) is 0. The Bertz CT molecular complexity index is 191. The van der Waals surface area contributed by atoms with Crippen LogP contribution in [0.2, 0.25) is 0 Å². The van der Waals surface area contributed by atoms with Crippen LogP contribution in [0.3, 0.4) is 0 Å². The van der Waals surface area contributed by atoms with E-state index in [-0.39, 0.29) is 5.78 Å². The number of halogens is 1. The van der Waals surface area contributed by atoms with E-state index in [4.69, 9.17) is 0 Å². The molecule has 0 bridgehead atoms. The van der Waals surface area contributed by atoms with Crippen molar-refractivity contribution in [3.63, 3.8) is 0 Å². The van der Waals surface area contributed by atoms with E-state index in [1.807, 2.05) is 4.90 Å². The van der Waals surface area contributed by atoms with Gasteiger partial charge in [0.25, 0.3) is 0 Å². The van der Waals surface area contributed by atoms with Crippen LogP contribution in [0.15, 0.2) is 12.2 Å². The smallest absolute Gasteiger partial charge is 0.152 e. The van der Waals surface area contributed by atoms with E-state index in [1.54, 1.807) is 6.08 Å². The molecule has 0 aromatic heterocycles. The van der Waals surface area contributed by atoms with Crippen molar-refractivity contribution in [1.29, 1.82) is 0 Å². The molecule has 1 fully saturated rings. The minimum absolute atomic E-state index is 0.0472. The Morgan fingerprint density at radius 2 is 2.50 bits per heavy atom. The molecule has 1 atom stereocenters. The Morgan fingerprint density at radius 1 is 1.75 bits per heavy atom. The minimum Gasteiger partial charge on any atom is -0.297 e. The number of alkyl halides is 1. The lowest BCUT2D eigenvalue weighted by Crippen LogP contribution is -2.20. The van der Waals surface area contributed by atoms with E-state index >= 15 is 0 Å². The zero-order chi connectivity index (χ0) is 8.97. The van der Waals surface area contributed by atoms with Gasteiger partial charge in [-0.05, 0) is 19.4 Å². The number of rotatable bonds is 3. The molecule has 68 valence electrons. The van der Waals surface area contributed by atoms with E-state index in [1.165, 1.54) is 13.0 Å². The summed E-state index contributed by atoms with van der Waals surface area (Å²) < 4.78 is 12.6. The predicted octanol–water partition coefficient (Wildman–Crippen LogP) is 1.18. The fourth-order valence-corrected chi connectivity index (χ4v) is 1.32. The van der Waals surface area contributed by atoms with E-state index in [0.29, 0.717) is 19.5 Å². The van der Waals surface area contributed by atoms with Crippen LogP contribution in [0.25, 0.3) is 0 Å². The van der Waals surface area contributed by atoms with Crippen molar-refractivity contribution >= 4 is 5.78 Å². The molecule has 0 saturated carbocycles. The average molecular weight is 171 g/mol. The van der Waals surface area contributed by atoms with Crippen molar-refractivity contribution < 1.29 is 9.18 Å². The lowest BCUT2D eigenvalue weighted by molar-refractivity contribution is -0.112. The molecule has 1 rings (SSSR count). The first-order valence-corrected chi connectivity index (χ1v) is 4.22. The summed E-state index contributed by atoms with van der Waals surface area (Å²) in [5.41, 5.74) is 0. The molecule has 2 nitrogen and oxygen atoms in total. The molecule has 1 saturated heterocycles. The van der Waals surface area contributed by atoms with Crippen LogP contribution >= 0.6 is 0 Å². The summed E-state index contributed by atoms with van der Waals surface area (Å²) in [5, 5.41) is 0. The maximum Gasteiger partial charge on any atom is 0.152 e.